The van der Waals surface area contributed by atoms with Crippen molar-refractivity contribution in [3.63, 3.8) is 0 Å². The minimum atomic E-state index is 0. The number of rotatable bonds is 4. The topological polar surface area (TPSA) is 11.6 Å². The van der Waals surface area contributed by atoms with Crippen molar-refractivity contribution >= 4 is 0 Å². The Morgan fingerprint density at radius 2 is 1.40 bits per heavy atom. The van der Waals surface area contributed by atoms with Gasteiger partial charge >= 0.3 is 0 Å². The quantitative estimate of drug-likeness (QED) is 0.193. The van der Waals surface area contributed by atoms with Crippen LogP contribution in [-0.2, 0) is 27.1 Å². The van der Waals surface area contributed by atoms with E-state index in [-0.39, 0.29) is 71.9 Å². The molecule has 0 saturated heterocycles. The first-order valence-electron chi connectivity index (χ1n) is 7.62. The maximum absolute atomic E-state index is 2.26. The highest BCUT2D eigenvalue weighted by atomic mass is 127. The van der Waals surface area contributed by atoms with E-state index in [1.165, 1.54) is 17.0 Å². The Hall–Kier alpha value is -0.360. The minimum absolute atomic E-state index is 0. The fraction of sp³-hybridized carbons (Fsp3) is 0.211. The molecule has 0 amide bonds. The summed E-state index contributed by atoms with van der Waals surface area (Å²) in [5.74, 6) is 0. The molecule has 3 rings (SSSR count). The van der Waals surface area contributed by atoms with Gasteiger partial charge in [-0.2, -0.15) is 0 Å². The van der Waals surface area contributed by atoms with Crippen LogP contribution in [0.5, 0.6) is 0 Å². The van der Waals surface area contributed by atoms with Crippen LogP contribution in [0, 0.1) is 0 Å². The molecule has 0 aliphatic carbocycles. The fourth-order valence-electron chi connectivity index (χ4n) is 2.70. The lowest BCUT2D eigenvalue weighted by molar-refractivity contribution is -0.709. The molecular formula is C19H22I3N3. The molecular weight excluding hydrogens is 651 g/mol. The molecule has 0 atom stereocenters. The van der Waals surface area contributed by atoms with Gasteiger partial charge in [-0.15, -0.1) is 0 Å². The fourth-order valence-corrected chi connectivity index (χ4v) is 2.70. The highest BCUT2D eigenvalue weighted by Gasteiger charge is 2.14. The molecule has 0 bridgehead atoms. The Morgan fingerprint density at radius 1 is 0.720 bits per heavy atom. The molecule has 0 unspecified atom stereocenters. The molecule has 3 heterocycles. The minimum Gasteiger partial charge on any atom is -1.00 e. The summed E-state index contributed by atoms with van der Waals surface area (Å²) in [5.41, 5.74) is 3.80. The van der Waals surface area contributed by atoms with Crippen LogP contribution in [-0.4, -0.2) is 0 Å². The molecule has 0 aliphatic heterocycles. The van der Waals surface area contributed by atoms with Crippen molar-refractivity contribution in [2.75, 3.05) is 0 Å². The monoisotopic (exact) mass is 673 g/mol. The molecule has 3 aromatic rings. The first-order chi connectivity index (χ1) is 10.7. The van der Waals surface area contributed by atoms with Crippen LogP contribution >= 0.6 is 0 Å². The predicted molar refractivity (Wildman–Crippen MR) is 84.6 cm³/mol. The van der Waals surface area contributed by atoms with E-state index in [9.17, 15) is 0 Å². The molecule has 0 N–H and O–H groups in total. The summed E-state index contributed by atoms with van der Waals surface area (Å²) in [5, 5.41) is 0. The molecule has 3 aromatic heterocycles. The van der Waals surface area contributed by atoms with Gasteiger partial charge in [-0.25, -0.2) is 13.7 Å². The van der Waals surface area contributed by atoms with Crippen molar-refractivity contribution in [1.82, 2.24) is 0 Å². The van der Waals surface area contributed by atoms with Crippen LogP contribution in [0.1, 0.15) is 5.69 Å². The molecule has 0 fully saturated rings. The summed E-state index contributed by atoms with van der Waals surface area (Å²) in [4.78, 5) is 0. The van der Waals surface area contributed by atoms with Crippen LogP contribution in [0.25, 0.3) is 11.3 Å². The first kappa shape index (κ1) is 24.6. The van der Waals surface area contributed by atoms with Gasteiger partial charge in [0.25, 0.3) is 0 Å². The van der Waals surface area contributed by atoms with Crippen molar-refractivity contribution in [2.24, 2.45) is 14.1 Å². The molecule has 6 heteroatoms. The van der Waals surface area contributed by atoms with E-state index in [0.717, 1.165) is 13.0 Å². The number of hydrogen-bond acceptors (Lipinski definition) is 0. The van der Waals surface area contributed by atoms with Crippen LogP contribution in [0.3, 0.4) is 0 Å². The Kier molecular flexibility index (Phi) is 11.9. The van der Waals surface area contributed by atoms with E-state index < -0.39 is 0 Å². The Balaban J connectivity index is 0.00000192. The lowest BCUT2D eigenvalue weighted by Crippen LogP contribution is -3.00. The van der Waals surface area contributed by atoms with Crippen LogP contribution in [0.2, 0.25) is 0 Å². The zero-order valence-corrected chi connectivity index (χ0v) is 20.8. The number of pyridine rings is 3. The number of aromatic nitrogens is 3. The van der Waals surface area contributed by atoms with Crippen molar-refractivity contribution in [1.29, 1.82) is 0 Å². The summed E-state index contributed by atoms with van der Waals surface area (Å²) in [7, 11) is 4.18. The Bertz CT molecular complexity index is 794. The van der Waals surface area contributed by atoms with E-state index in [0.29, 0.717) is 0 Å². The first-order valence-corrected chi connectivity index (χ1v) is 7.62. The molecule has 0 saturated carbocycles. The SMILES string of the molecule is C[n+]1ccccc1CC[n+]1cccc(-c2cccc[n+]2C)c1.[I-].[I-].[I-]. The molecule has 0 aliphatic rings. The van der Waals surface area contributed by atoms with E-state index in [1.807, 2.05) is 0 Å². The highest BCUT2D eigenvalue weighted by molar-refractivity contribution is 5.52. The van der Waals surface area contributed by atoms with Crippen molar-refractivity contribution in [3.05, 3.63) is 79.0 Å². The second-order valence-electron chi connectivity index (χ2n) is 5.58. The summed E-state index contributed by atoms with van der Waals surface area (Å²) in [6.45, 7) is 0.974. The predicted octanol–water partition coefficient (Wildman–Crippen LogP) is -7.46. The zero-order valence-electron chi connectivity index (χ0n) is 14.3. The second kappa shape index (κ2) is 12.1. The van der Waals surface area contributed by atoms with Crippen LogP contribution in [0.4, 0.5) is 0 Å². The zero-order chi connectivity index (χ0) is 15.4. The van der Waals surface area contributed by atoms with E-state index >= 15 is 0 Å². The van der Waals surface area contributed by atoms with E-state index in [1.54, 1.807) is 0 Å². The molecule has 0 aromatic carbocycles. The molecule has 0 radical (unpaired) electrons. The number of nitrogens with zero attached hydrogens (tertiary/aromatic N) is 3. The van der Waals surface area contributed by atoms with E-state index in [4.69, 9.17) is 0 Å². The van der Waals surface area contributed by atoms with Gasteiger partial charge in [0.05, 0.1) is 6.42 Å². The number of aryl methyl sites for hydroxylation is 4. The Labute approximate surface area is 201 Å². The highest BCUT2D eigenvalue weighted by Crippen LogP contribution is 2.11. The lowest BCUT2D eigenvalue weighted by Gasteiger charge is -2.01. The second-order valence-corrected chi connectivity index (χ2v) is 5.58. The molecule has 134 valence electrons. The van der Waals surface area contributed by atoms with Gasteiger partial charge in [0, 0.05) is 30.3 Å². The maximum atomic E-state index is 2.26. The normalized spacial score (nSPS) is 9.36. The summed E-state index contributed by atoms with van der Waals surface area (Å²) >= 11 is 0. The van der Waals surface area contributed by atoms with Crippen molar-refractivity contribution in [2.45, 2.75) is 13.0 Å². The smallest absolute Gasteiger partial charge is 0.218 e. The van der Waals surface area contributed by atoms with Gasteiger partial charge in [-0.1, -0.05) is 6.07 Å². The third-order valence-electron chi connectivity index (χ3n) is 4.00. The number of hydrogen-bond donors (Lipinski definition) is 0. The van der Waals surface area contributed by atoms with Gasteiger partial charge in [0.1, 0.15) is 19.7 Å². The average Bonchev–Trinajstić information content (AvgIpc) is 2.55. The summed E-state index contributed by atoms with van der Waals surface area (Å²) < 4.78 is 6.59. The van der Waals surface area contributed by atoms with Gasteiger partial charge in [-0.3, -0.25) is 0 Å². The van der Waals surface area contributed by atoms with Gasteiger partial charge in [0.15, 0.2) is 37.0 Å². The van der Waals surface area contributed by atoms with Crippen LogP contribution < -0.4 is 85.6 Å². The van der Waals surface area contributed by atoms with Gasteiger partial charge in [-0.05, 0) is 12.1 Å². The molecule has 3 nitrogen and oxygen atoms in total. The van der Waals surface area contributed by atoms with Crippen LogP contribution in [0.15, 0.2) is 73.3 Å². The average molecular weight is 673 g/mol. The Morgan fingerprint density at radius 3 is 2.08 bits per heavy atom. The third-order valence-corrected chi connectivity index (χ3v) is 4.00. The standard InChI is InChI=1S/C19H22N3.3HI/c1-20-12-5-3-9-18(20)11-15-22-14-7-8-17(16-22)19-10-4-6-13-21(19)2;;;/h3-10,12-14,16H,11,15H2,1-2H3;3*1H/q+3;;;/p-3. The summed E-state index contributed by atoms with van der Waals surface area (Å²) in [6, 6.07) is 16.9. The van der Waals surface area contributed by atoms with Crippen molar-refractivity contribution < 1.29 is 85.6 Å². The van der Waals surface area contributed by atoms with E-state index in [2.05, 4.69) is 101 Å². The third kappa shape index (κ3) is 6.70. The maximum Gasteiger partial charge on any atom is 0.218 e. The van der Waals surface area contributed by atoms with Gasteiger partial charge in [0.2, 0.25) is 5.69 Å². The molecule has 0 spiro atoms. The van der Waals surface area contributed by atoms with Gasteiger partial charge < -0.3 is 71.9 Å². The molecule has 25 heavy (non-hydrogen) atoms. The number of halogens is 3. The lowest BCUT2D eigenvalue weighted by atomic mass is 10.2. The summed E-state index contributed by atoms with van der Waals surface area (Å²) in [6.07, 6.45) is 9.55. The largest absolute Gasteiger partial charge is 1.00 e. The van der Waals surface area contributed by atoms with Crippen molar-refractivity contribution in [3.8, 4) is 11.3 Å².